The van der Waals surface area contributed by atoms with Crippen LogP contribution in [0.1, 0.15) is 5.56 Å². The molecule has 0 saturated carbocycles. The molecule has 2 aromatic rings. The van der Waals surface area contributed by atoms with Crippen molar-refractivity contribution in [3.63, 3.8) is 0 Å². The Balaban J connectivity index is 2.16. The largest absolute Gasteiger partial charge is 0.398 e. The Morgan fingerprint density at radius 1 is 1.00 bits per heavy atom. The topological polar surface area (TPSA) is 38.0 Å². The van der Waals surface area contributed by atoms with E-state index in [2.05, 4.69) is 41.7 Å². The van der Waals surface area contributed by atoms with Crippen LogP contribution in [0.4, 0.5) is 11.4 Å². The minimum atomic E-state index is 0.849. The van der Waals surface area contributed by atoms with Crippen LogP contribution in [-0.2, 0) is 0 Å². The van der Waals surface area contributed by atoms with Gasteiger partial charge in [-0.25, -0.2) is 0 Å². The van der Waals surface area contributed by atoms with Gasteiger partial charge in [0.05, 0.1) is 0 Å². The molecule has 3 N–H and O–H groups in total. The highest BCUT2D eigenvalue weighted by Crippen LogP contribution is 2.30. The molecule has 0 fully saturated rings. The number of aryl methyl sites for hydroxylation is 1. The van der Waals surface area contributed by atoms with E-state index < -0.39 is 0 Å². The third kappa shape index (κ3) is 2.94. The number of anilines is 2. The molecule has 0 aromatic heterocycles. The van der Waals surface area contributed by atoms with Crippen LogP contribution in [0.3, 0.4) is 0 Å². The van der Waals surface area contributed by atoms with Gasteiger partial charge in [-0.2, -0.15) is 0 Å². The minimum absolute atomic E-state index is 0.849. The van der Waals surface area contributed by atoms with Crippen molar-refractivity contribution in [1.29, 1.82) is 0 Å². The van der Waals surface area contributed by atoms with Crippen LogP contribution in [0.2, 0.25) is 0 Å². The van der Waals surface area contributed by atoms with E-state index in [0.29, 0.717) is 0 Å². The van der Waals surface area contributed by atoms with Crippen LogP contribution < -0.4 is 11.1 Å². The first kappa shape index (κ1) is 11.9. The molecule has 88 valence electrons. The molecule has 0 heterocycles. The molecule has 2 aromatic carbocycles. The summed E-state index contributed by atoms with van der Waals surface area (Å²) in [6.07, 6.45) is 0. The molecule has 0 spiro atoms. The molecule has 0 radical (unpaired) electrons. The van der Waals surface area contributed by atoms with E-state index in [-0.39, 0.29) is 0 Å². The minimum Gasteiger partial charge on any atom is -0.398 e. The summed E-state index contributed by atoms with van der Waals surface area (Å²) in [6.45, 7) is 2.02. The number of nitrogens with one attached hydrogen (secondary N) is 1. The van der Waals surface area contributed by atoms with Crippen LogP contribution in [0.25, 0.3) is 0 Å². The lowest BCUT2D eigenvalue weighted by Crippen LogP contribution is -1.89. The molecular weight excluding hydrogens is 228 g/mol. The van der Waals surface area contributed by atoms with Crippen LogP contribution >= 0.6 is 11.8 Å². The Morgan fingerprint density at radius 3 is 2.24 bits per heavy atom. The third-order valence-electron chi connectivity index (χ3n) is 2.63. The maximum atomic E-state index is 5.90. The zero-order chi connectivity index (χ0) is 12.3. The van der Waals surface area contributed by atoms with Crippen molar-refractivity contribution in [3.8, 4) is 0 Å². The van der Waals surface area contributed by atoms with Crippen molar-refractivity contribution in [2.75, 3.05) is 18.1 Å². The fourth-order valence-corrected chi connectivity index (χ4v) is 2.37. The predicted molar refractivity (Wildman–Crippen MR) is 75.7 cm³/mol. The van der Waals surface area contributed by atoms with Crippen molar-refractivity contribution < 1.29 is 0 Å². The first-order valence-corrected chi connectivity index (χ1v) is 6.32. The van der Waals surface area contributed by atoms with Crippen molar-refractivity contribution in [2.24, 2.45) is 0 Å². The molecule has 2 rings (SSSR count). The standard InChI is InChI=1S/C14H16N2S/c1-10-3-6-13(9-14(10)15)17-12-7-4-11(16-2)5-8-12/h3-9,16H,15H2,1-2H3. The Hall–Kier alpha value is -1.61. The smallest absolute Gasteiger partial charge is 0.0355 e. The van der Waals surface area contributed by atoms with Crippen LogP contribution in [-0.4, -0.2) is 7.05 Å². The quantitative estimate of drug-likeness (QED) is 0.807. The normalized spacial score (nSPS) is 10.2. The zero-order valence-electron chi connectivity index (χ0n) is 10.0. The van der Waals surface area contributed by atoms with E-state index in [1.54, 1.807) is 11.8 Å². The molecule has 0 amide bonds. The van der Waals surface area contributed by atoms with Gasteiger partial charge < -0.3 is 11.1 Å². The summed E-state index contributed by atoms with van der Waals surface area (Å²) < 4.78 is 0. The van der Waals surface area contributed by atoms with Gasteiger partial charge in [0.15, 0.2) is 0 Å². The summed E-state index contributed by atoms with van der Waals surface area (Å²) in [5, 5.41) is 3.11. The van der Waals surface area contributed by atoms with Gasteiger partial charge in [-0.3, -0.25) is 0 Å². The average Bonchev–Trinajstić information content (AvgIpc) is 2.35. The number of nitrogens with two attached hydrogens (primary N) is 1. The molecule has 17 heavy (non-hydrogen) atoms. The first-order chi connectivity index (χ1) is 8.19. The molecular formula is C14H16N2S. The van der Waals surface area contributed by atoms with Gasteiger partial charge in [0.25, 0.3) is 0 Å². The Morgan fingerprint density at radius 2 is 1.65 bits per heavy atom. The van der Waals surface area contributed by atoms with Gasteiger partial charge in [-0.05, 0) is 48.9 Å². The summed E-state index contributed by atoms with van der Waals surface area (Å²) >= 11 is 1.72. The molecule has 0 bridgehead atoms. The SMILES string of the molecule is CNc1ccc(Sc2ccc(C)c(N)c2)cc1. The van der Waals surface area contributed by atoms with Gasteiger partial charge in [-0.15, -0.1) is 0 Å². The van der Waals surface area contributed by atoms with Crippen LogP contribution in [0, 0.1) is 6.92 Å². The lowest BCUT2D eigenvalue weighted by Gasteiger charge is -2.06. The number of rotatable bonds is 3. The highest BCUT2D eigenvalue weighted by Gasteiger charge is 2.00. The maximum Gasteiger partial charge on any atom is 0.0355 e. The van der Waals surface area contributed by atoms with E-state index >= 15 is 0 Å². The Kier molecular flexibility index (Phi) is 3.59. The predicted octanol–water partition coefficient (Wildman–Crippen LogP) is 3.77. The van der Waals surface area contributed by atoms with Crippen molar-refractivity contribution in [1.82, 2.24) is 0 Å². The molecule has 0 aliphatic heterocycles. The summed E-state index contributed by atoms with van der Waals surface area (Å²) in [7, 11) is 1.92. The van der Waals surface area contributed by atoms with Crippen molar-refractivity contribution in [3.05, 3.63) is 48.0 Å². The van der Waals surface area contributed by atoms with E-state index in [9.17, 15) is 0 Å². The average molecular weight is 244 g/mol. The number of hydrogen-bond donors (Lipinski definition) is 2. The second-order valence-corrected chi connectivity index (χ2v) is 5.04. The second kappa shape index (κ2) is 5.15. The molecule has 0 atom stereocenters. The first-order valence-electron chi connectivity index (χ1n) is 5.51. The summed E-state index contributed by atoms with van der Waals surface area (Å²) in [6, 6.07) is 14.5. The molecule has 0 saturated heterocycles. The Bertz CT molecular complexity index is 506. The summed E-state index contributed by atoms with van der Waals surface area (Å²) in [4.78, 5) is 2.39. The number of benzene rings is 2. The fraction of sp³-hybridized carbons (Fsp3) is 0.143. The van der Waals surface area contributed by atoms with Crippen molar-refractivity contribution >= 4 is 23.1 Å². The monoisotopic (exact) mass is 244 g/mol. The van der Waals surface area contributed by atoms with E-state index in [1.807, 2.05) is 20.0 Å². The fourth-order valence-electron chi connectivity index (χ4n) is 1.51. The maximum absolute atomic E-state index is 5.90. The van der Waals surface area contributed by atoms with E-state index in [4.69, 9.17) is 5.73 Å². The lowest BCUT2D eigenvalue weighted by atomic mass is 10.2. The highest BCUT2D eigenvalue weighted by molar-refractivity contribution is 7.99. The van der Waals surface area contributed by atoms with Gasteiger partial charge >= 0.3 is 0 Å². The molecule has 0 unspecified atom stereocenters. The van der Waals surface area contributed by atoms with Gasteiger partial charge in [0, 0.05) is 28.2 Å². The van der Waals surface area contributed by atoms with Gasteiger partial charge in [0.2, 0.25) is 0 Å². The van der Waals surface area contributed by atoms with Crippen molar-refractivity contribution in [2.45, 2.75) is 16.7 Å². The zero-order valence-corrected chi connectivity index (χ0v) is 10.8. The van der Waals surface area contributed by atoms with Crippen LogP contribution in [0.5, 0.6) is 0 Å². The van der Waals surface area contributed by atoms with E-state index in [1.165, 1.54) is 9.79 Å². The number of nitrogen functional groups attached to an aromatic ring is 1. The third-order valence-corrected chi connectivity index (χ3v) is 3.63. The molecule has 0 aliphatic rings. The Labute approximate surface area is 106 Å². The van der Waals surface area contributed by atoms with Gasteiger partial charge in [-0.1, -0.05) is 17.8 Å². The second-order valence-electron chi connectivity index (χ2n) is 3.89. The molecule has 3 heteroatoms. The summed E-state index contributed by atoms with van der Waals surface area (Å²) in [5.41, 5.74) is 8.99. The van der Waals surface area contributed by atoms with Crippen LogP contribution in [0.15, 0.2) is 52.3 Å². The van der Waals surface area contributed by atoms with Gasteiger partial charge in [0.1, 0.15) is 0 Å². The lowest BCUT2D eigenvalue weighted by molar-refractivity contribution is 1.36. The highest BCUT2D eigenvalue weighted by atomic mass is 32.2. The van der Waals surface area contributed by atoms with E-state index in [0.717, 1.165) is 16.9 Å². The molecule has 0 aliphatic carbocycles. The molecule has 2 nitrogen and oxygen atoms in total. The summed E-state index contributed by atoms with van der Waals surface area (Å²) in [5.74, 6) is 0. The number of hydrogen-bond acceptors (Lipinski definition) is 3.